The van der Waals surface area contributed by atoms with Crippen LogP contribution in [0, 0.1) is 5.92 Å². The van der Waals surface area contributed by atoms with Crippen LogP contribution in [0.15, 0.2) is 54.6 Å². The minimum absolute atomic E-state index is 0.218. The first kappa shape index (κ1) is 26.3. The fraction of sp³-hybridized carbons (Fsp3) is 0.429. The molecule has 1 aromatic heterocycles. The number of carbonyl (C=O) groups excluding carboxylic acids is 2. The number of benzene rings is 2. The number of aryl methyl sites for hydroxylation is 2. The lowest BCUT2D eigenvalue weighted by atomic mass is 10.1. The number of nitrogens with zero attached hydrogens (tertiary/aromatic N) is 1. The van der Waals surface area contributed by atoms with Crippen LogP contribution in [0.5, 0.6) is 0 Å². The minimum Gasteiger partial charge on any atom is -0.444 e. The topological polar surface area (TPSA) is 81.6 Å². The molecule has 35 heavy (non-hydrogen) atoms. The highest BCUT2D eigenvalue weighted by molar-refractivity contribution is 5.95. The highest BCUT2D eigenvalue weighted by atomic mass is 16.6. The molecule has 0 radical (unpaired) electrons. The van der Waals surface area contributed by atoms with Crippen molar-refractivity contribution in [2.45, 2.75) is 72.6 Å². The predicted molar refractivity (Wildman–Crippen MR) is 139 cm³/mol. The van der Waals surface area contributed by atoms with Crippen molar-refractivity contribution in [3.63, 3.8) is 0 Å². The summed E-state index contributed by atoms with van der Waals surface area (Å²) in [5, 5.41) is 3.99. The van der Waals surface area contributed by atoms with Gasteiger partial charge >= 0.3 is 6.09 Å². The second kappa shape index (κ2) is 11.9. The Labute approximate surface area is 207 Å². The second-order valence-electron chi connectivity index (χ2n) is 10.1. The number of rotatable bonds is 10. The first-order valence-electron chi connectivity index (χ1n) is 12.2. The minimum atomic E-state index is -0.616. The van der Waals surface area contributed by atoms with E-state index in [1.54, 1.807) is 0 Å². The molecule has 0 aliphatic rings. The van der Waals surface area contributed by atoms with Crippen molar-refractivity contribution in [3.8, 4) is 0 Å². The van der Waals surface area contributed by atoms with E-state index in [-0.39, 0.29) is 12.3 Å². The van der Waals surface area contributed by atoms with Gasteiger partial charge in [-0.15, -0.1) is 0 Å². The number of ether oxygens (including phenoxy) is 1. The van der Waals surface area contributed by atoms with Gasteiger partial charge in [0.15, 0.2) is 0 Å². The Morgan fingerprint density at radius 1 is 1.00 bits per heavy atom. The average molecular weight is 480 g/mol. The zero-order chi connectivity index (χ0) is 25.4. The van der Waals surface area contributed by atoms with Crippen LogP contribution in [0.4, 0.5) is 10.6 Å². The maximum Gasteiger partial charge on any atom is 0.413 e. The highest BCUT2D eigenvalue weighted by Crippen LogP contribution is 2.32. The molecule has 3 rings (SSSR count). The molecule has 3 aromatic rings. The summed E-state index contributed by atoms with van der Waals surface area (Å²) in [5.41, 5.74) is 4.82. The van der Waals surface area contributed by atoms with E-state index in [0.717, 1.165) is 35.0 Å². The van der Waals surface area contributed by atoms with Gasteiger partial charge in [0.05, 0.1) is 6.61 Å². The molecule has 0 saturated heterocycles. The SMILES string of the molecule is CC(C)CCn1c(NC(=O)OC(C)(C)C)c(CCC(=O)NOCc2ccccc2)c2ccccc21. The lowest BCUT2D eigenvalue weighted by Gasteiger charge is -2.21. The van der Waals surface area contributed by atoms with E-state index >= 15 is 0 Å². The maximum absolute atomic E-state index is 12.7. The Kier molecular flexibility index (Phi) is 8.93. The number of carbonyl (C=O) groups is 2. The van der Waals surface area contributed by atoms with E-state index in [1.807, 2.05) is 75.4 Å². The molecule has 2 N–H and O–H groups in total. The van der Waals surface area contributed by atoms with Gasteiger partial charge in [0.1, 0.15) is 11.4 Å². The number of aromatic nitrogens is 1. The molecular formula is C28H37N3O4. The van der Waals surface area contributed by atoms with Gasteiger partial charge in [0.2, 0.25) is 5.91 Å². The summed E-state index contributed by atoms with van der Waals surface area (Å²) in [4.78, 5) is 30.6. The van der Waals surface area contributed by atoms with Crippen molar-refractivity contribution in [3.05, 3.63) is 65.7 Å². The molecule has 0 saturated carbocycles. The van der Waals surface area contributed by atoms with E-state index in [0.29, 0.717) is 24.8 Å². The second-order valence-corrected chi connectivity index (χ2v) is 10.1. The molecular weight excluding hydrogens is 442 g/mol. The summed E-state index contributed by atoms with van der Waals surface area (Å²) in [7, 11) is 0. The van der Waals surface area contributed by atoms with Crippen LogP contribution in [0.25, 0.3) is 10.9 Å². The summed E-state index contributed by atoms with van der Waals surface area (Å²) in [5.74, 6) is 0.962. The Bertz CT molecular complexity index is 1130. The first-order valence-corrected chi connectivity index (χ1v) is 12.2. The number of anilines is 1. The standard InChI is InChI=1S/C28H37N3O4/c1-20(2)17-18-31-24-14-10-9-13-22(24)23(26(31)29-27(33)35-28(3,4)5)15-16-25(32)30-34-19-21-11-7-6-8-12-21/h6-14,20H,15-19H2,1-5H3,(H,29,33)(H,30,32). The third kappa shape index (κ3) is 7.86. The van der Waals surface area contributed by atoms with Crippen LogP contribution in [0.3, 0.4) is 0 Å². The van der Waals surface area contributed by atoms with Gasteiger partial charge in [0, 0.05) is 29.4 Å². The van der Waals surface area contributed by atoms with Crippen LogP contribution in [0.2, 0.25) is 0 Å². The number of hydrogen-bond donors (Lipinski definition) is 2. The number of nitrogens with one attached hydrogen (secondary N) is 2. The number of fused-ring (bicyclic) bond motifs is 1. The molecule has 2 aromatic carbocycles. The maximum atomic E-state index is 12.7. The monoisotopic (exact) mass is 479 g/mol. The Morgan fingerprint density at radius 2 is 1.69 bits per heavy atom. The van der Waals surface area contributed by atoms with Crippen molar-refractivity contribution in [2.24, 2.45) is 5.92 Å². The summed E-state index contributed by atoms with van der Waals surface area (Å²) < 4.78 is 7.65. The van der Waals surface area contributed by atoms with Crippen LogP contribution in [-0.2, 0) is 33.9 Å². The zero-order valence-corrected chi connectivity index (χ0v) is 21.4. The smallest absolute Gasteiger partial charge is 0.413 e. The number of amides is 2. The van der Waals surface area contributed by atoms with Crippen molar-refractivity contribution in [1.82, 2.24) is 10.0 Å². The molecule has 7 nitrogen and oxygen atoms in total. The largest absolute Gasteiger partial charge is 0.444 e. The molecule has 2 amide bonds. The van der Waals surface area contributed by atoms with Crippen molar-refractivity contribution >= 4 is 28.7 Å². The molecule has 0 atom stereocenters. The fourth-order valence-electron chi connectivity index (χ4n) is 3.85. The molecule has 7 heteroatoms. The molecule has 1 heterocycles. The van der Waals surface area contributed by atoms with Gasteiger partial charge in [-0.05, 0) is 51.2 Å². The third-order valence-electron chi connectivity index (χ3n) is 5.49. The van der Waals surface area contributed by atoms with Gasteiger partial charge < -0.3 is 9.30 Å². The van der Waals surface area contributed by atoms with Crippen molar-refractivity contribution in [2.75, 3.05) is 5.32 Å². The van der Waals surface area contributed by atoms with Crippen LogP contribution >= 0.6 is 0 Å². The molecule has 188 valence electrons. The number of hydroxylamine groups is 1. The van der Waals surface area contributed by atoms with Crippen LogP contribution < -0.4 is 10.8 Å². The first-order chi connectivity index (χ1) is 16.6. The zero-order valence-electron chi connectivity index (χ0n) is 21.4. The van der Waals surface area contributed by atoms with E-state index < -0.39 is 11.7 Å². The summed E-state index contributed by atoms with van der Waals surface area (Å²) in [6, 6.07) is 17.7. The molecule has 0 unspecified atom stereocenters. The van der Waals surface area contributed by atoms with E-state index in [1.165, 1.54) is 0 Å². The van der Waals surface area contributed by atoms with Gasteiger partial charge in [-0.3, -0.25) is 14.9 Å². The van der Waals surface area contributed by atoms with Gasteiger partial charge in [-0.25, -0.2) is 10.3 Å². The van der Waals surface area contributed by atoms with E-state index in [4.69, 9.17) is 9.57 Å². The summed E-state index contributed by atoms with van der Waals surface area (Å²) in [6.07, 6.45) is 1.11. The summed E-state index contributed by atoms with van der Waals surface area (Å²) >= 11 is 0. The van der Waals surface area contributed by atoms with Gasteiger partial charge in [-0.1, -0.05) is 62.4 Å². The third-order valence-corrected chi connectivity index (χ3v) is 5.49. The Morgan fingerprint density at radius 3 is 2.37 bits per heavy atom. The van der Waals surface area contributed by atoms with Crippen molar-refractivity contribution < 1.29 is 19.2 Å². The predicted octanol–water partition coefficient (Wildman–Crippen LogP) is 6.22. The molecule has 0 spiro atoms. The molecule has 0 aliphatic heterocycles. The molecule has 0 aliphatic carbocycles. The number of hydrogen-bond acceptors (Lipinski definition) is 4. The Balaban J connectivity index is 1.79. The lowest BCUT2D eigenvalue weighted by Crippen LogP contribution is -2.28. The molecule has 0 bridgehead atoms. The van der Waals surface area contributed by atoms with E-state index in [9.17, 15) is 9.59 Å². The van der Waals surface area contributed by atoms with Crippen LogP contribution in [-0.4, -0.2) is 22.2 Å². The van der Waals surface area contributed by atoms with E-state index in [2.05, 4.69) is 29.2 Å². The fourth-order valence-corrected chi connectivity index (χ4v) is 3.85. The van der Waals surface area contributed by atoms with Crippen molar-refractivity contribution in [1.29, 1.82) is 0 Å². The van der Waals surface area contributed by atoms with Gasteiger partial charge in [-0.2, -0.15) is 0 Å². The quantitative estimate of drug-likeness (QED) is 0.339. The highest BCUT2D eigenvalue weighted by Gasteiger charge is 2.23. The number of para-hydroxylation sites is 1. The van der Waals surface area contributed by atoms with Gasteiger partial charge in [0.25, 0.3) is 0 Å². The summed E-state index contributed by atoms with van der Waals surface area (Å²) in [6.45, 7) is 10.9. The lowest BCUT2D eigenvalue weighted by molar-refractivity contribution is -0.134. The molecule has 0 fully saturated rings. The normalized spacial score (nSPS) is 11.6. The average Bonchev–Trinajstić information content (AvgIpc) is 3.07. The Hall–Kier alpha value is -3.32. The van der Waals surface area contributed by atoms with Crippen LogP contribution in [0.1, 0.15) is 58.6 Å².